The molecule has 1 unspecified atom stereocenters. The third-order valence-electron chi connectivity index (χ3n) is 3.37. The molecule has 0 bridgehead atoms. The average Bonchev–Trinajstić information content (AvgIpc) is 3.05. The fourth-order valence-electron chi connectivity index (χ4n) is 2.13. The molecule has 0 fully saturated rings. The highest BCUT2D eigenvalue weighted by atomic mass is 35.5. The highest BCUT2D eigenvalue weighted by Gasteiger charge is 2.27. The third kappa shape index (κ3) is 4.95. The summed E-state index contributed by atoms with van der Waals surface area (Å²) in [6, 6.07) is -0.629. The number of carbonyl (C=O) groups is 1. The normalized spacial score (nSPS) is 13.1. The minimum Gasteiger partial charge on any atom is -0.350 e. The number of carbonyl (C=O) groups excluding carboxylic acids is 1. The second-order valence-corrected chi connectivity index (χ2v) is 5.83. The van der Waals surface area contributed by atoms with Crippen LogP contribution in [0.25, 0.3) is 0 Å². The van der Waals surface area contributed by atoms with Crippen molar-refractivity contribution in [2.45, 2.75) is 39.7 Å². The summed E-state index contributed by atoms with van der Waals surface area (Å²) in [7, 11) is 0. The number of ether oxygens (including phenoxy) is 1. The van der Waals surface area contributed by atoms with Gasteiger partial charge in [-0.3, -0.25) is 9.48 Å². The van der Waals surface area contributed by atoms with Crippen LogP contribution in [0.1, 0.15) is 24.4 Å². The Kier molecular flexibility index (Phi) is 5.73. The molecule has 138 valence electrons. The number of hydrogen-bond donors (Lipinski definition) is 1. The molecule has 1 amide bonds. The smallest absolute Gasteiger partial charge is 0.350 e. The monoisotopic (exact) mass is 379 g/mol. The minimum atomic E-state index is -4.40. The number of rotatable bonds is 6. The largest absolute Gasteiger partial charge is 0.411 e. The summed E-state index contributed by atoms with van der Waals surface area (Å²) in [6.45, 7) is 3.40. The average molecular weight is 380 g/mol. The number of aryl methyl sites for hydroxylation is 1. The molecule has 0 aliphatic rings. The van der Waals surface area contributed by atoms with Crippen LogP contribution in [0.2, 0.25) is 5.02 Å². The number of anilines is 1. The molecule has 2 heterocycles. The minimum absolute atomic E-state index is 0.333. The van der Waals surface area contributed by atoms with Gasteiger partial charge < -0.3 is 10.1 Å². The van der Waals surface area contributed by atoms with E-state index in [0.29, 0.717) is 22.1 Å². The van der Waals surface area contributed by atoms with Gasteiger partial charge in [0, 0.05) is 0 Å². The van der Waals surface area contributed by atoms with Gasteiger partial charge in [-0.15, -0.1) is 0 Å². The van der Waals surface area contributed by atoms with Crippen LogP contribution in [0.15, 0.2) is 12.4 Å². The number of halogens is 4. The molecule has 0 spiro atoms. The van der Waals surface area contributed by atoms with Crippen LogP contribution >= 0.6 is 11.6 Å². The Morgan fingerprint density at radius 1 is 1.44 bits per heavy atom. The van der Waals surface area contributed by atoms with Crippen LogP contribution in [-0.4, -0.2) is 38.3 Å². The summed E-state index contributed by atoms with van der Waals surface area (Å²) in [6.07, 6.45) is -1.72. The van der Waals surface area contributed by atoms with Gasteiger partial charge in [-0.1, -0.05) is 11.6 Å². The predicted octanol–water partition coefficient (Wildman–Crippen LogP) is 3.09. The van der Waals surface area contributed by atoms with Crippen molar-refractivity contribution in [1.82, 2.24) is 19.6 Å². The first-order valence-electron chi connectivity index (χ1n) is 7.27. The van der Waals surface area contributed by atoms with Gasteiger partial charge in [0.2, 0.25) is 5.91 Å². The summed E-state index contributed by atoms with van der Waals surface area (Å²) in [5, 5.41) is 11.2. The Bertz CT molecular complexity index is 756. The van der Waals surface area contributed by atoms with E-state index in [0.717, 1.165) is 4.68 Å². The summed E-state index contributed by atoms with van der Waals surface area (Å²) in [5.74, 6) is -0.363. The van der Waals surface area contributed by atoms with Crippen molar-refractivity contribution in [2.75, 3.05) is 11.9 Å². The van der Waals surface area contributed by atoms with E-state index in [-0.39, 0.29) is 12.6 Å². The van der Waals surface area contributed by atoms with Gasteiger partial charge >= 0.3 is 6.18 Å². The quantitative estimate of drug-likeness (QED) is 0.837. The Morgan fingerprint density at radius 3 is 2.68 bits per heavy atom. The van der Waals surface area contributed by atoms with E-state index in [2.05, 4.69) is 20.3 Å². The lowest BCUT2D eigenvalue weighted by atomic mass is 10.3. The van der Waals surface area contributed by atoms with Crippen LogP contribution in [0.3, 0.4) is 0 Å². The maximum Gasteiger partial charge on any atom is 0.411 e. The number of alkyl halides is 3. The first-order chi connectivity index (χ1) is 11.6. The van der Waals surface area contributed by atoms with Gasteiger partial charge in [0.1, 0.15) is 19.4 Å². The van der Waals surface area contributed by atoms with Crippen LogP contribution in [0.4, 0.5) is 18.9 Å². The molecule has 1 N–H and O–H groups in total. The molecule has 0 aliphatic carbocycles. The lowest BCUT2D eigenvalue weighted by Crippen LogP contribution is -2.25. The van der Waals surface area contributed by atoms with Gasteiger partial charge in [-0.05, 0) is 20.8 Å². The maximum absolute atomic E-state index is 12.3. The predicted molar refractivity (Wildman–Crippen MR) is 84.3 cm³/mol. The number of aromatic nitrogens is 4. The molecular weight excluding hydrogens is 363 g/mol. The number of nitrogens with zero attached hydrogens (tertiary/aromatic N) is 4. The Labute approximate surface area is 146 Å². The van der Waals surface area contributed by atoms with Crippen molar-refractivity contribution < 1.29 is 22.7 Å². The highest BCUT2D eigenvalue weighted by molar-refractivity contribution is 6.31. The van der Waals surface area contributed by atoms with Crippen molar-refractivity contribution in [3.63, 3.8) is 0 Å². The summed E-state index contributed by atoms with van der Waals surface area (Å²) >= 11 is 6.07. The van der Waals surface area contributed by atoms with E-state index in [1.54, 1.807) is 20.8 Å². The Hall–Kier alpha value is -2.07. The van der Waals surface area contributed by atoms with Gasteiger partial charge in [0.05, 0.1) is 34.5 Å². The molecule has 0 radical (unpaired) electrons. The molecule has 0 saturated carbocycles. The lowest BCUT2D eigenvalue weighted by molar-refractivity contribution is -0.182. The third-order valence-corrected chi connectivity index (χ3v) is 3.92. The van der Waals surface area contributed by atoms with E-state index < -0.39 is 18.8 Å². The zero-order valence-electron chi connectivity index (χ0n) is 13.8. The van der Waals surface area contributed by atoms with Crippen molar-refractivity contribution in [3.05, 3.63) is 28.8 Å². The van der Waals surface area contributed by atoms with Gasteiger partial charge in [0.25, 0.3) is 0 Å². The van der Waals surface area contributed by atoms with E-state index in [4.69, 9.17) is 11.6 Å². The van der Waals surface area contributed by atoms with E-state index in [1.165, 1.54) is 17.1 Å². The molecule has 11 heteroatoms. The standard InChI is InChI=1S/C14H17ClF3N5O2/c1-8-12(15)9(2)23(21-8)10(3)13(24)20-11-4-19-22(5-11)7-25-6-14(16,17)18/h4-5,10H,6-7H2,1-3H3,(H,20,24). The summed E-state index contributed by atoms with van der Waals surface area (Å²) < 4.78 is 43.2. The highest BCUT2D eigenvalue weighted by Crippen LogP contribution is 2.23. The SMILES string of the molecule is Cc1nn(C(C)C(=O)Nc2cnn(COCC(F)(F)F)c2)c(C)c1Cl. The van der Waals surface area contributed by atoms with Crippen molar-refractivity contribution >= 4 is 23.2 Å². The van der Waals surface area contributed by atoms with E-state index in [9.17, 15) is 18.0 Å². The second kappa shape index (κ2) is 7.44. The lowest BCUT2D eigenvalue weighted by Gasteiger charge is -2.13. The molecular formula is C14H17ClF3N5O2. The van der Waals surface area contributed by atoms with E-state index >= 15 is 0 Å². The van der Waals surface area contributed by atoms with E-state index in [1.807, 2.05) is 0 Å². The van der Waals surface area contributed by atoms with Crippen LogP contribution in [0, 0.1) is 13.8 Å². The van der Waals surface area contributed by atoms with Gasteiger partial charge in [-0.2, -0.15) is 23.4 Å². The molecule has 7 nitrogen and oxygen atoms in total. The van der Waals surface area contributed by atoms with Crippen LogP contribution in [-0.2, 0) is 16.3 Å². The molecule has 1 atom stereocenters. The summed E-state index contributed by atoms with van der Waals surface area (Å²) in [4.78, 5) is 12.3. The number of nitrogens with one attached hydrogen (secondary N) is 1. The van der Waals surface area contributed by atoms with Crippen LogP contribution < -0.4 is 5.32 Å². The van der Waals surface area contributed by atoms with Crippen LogP contribution in [0.5, 0.6) is 0 Å². The number of hydrogen-bond acceptors (Lipinski definition) is 4. The fraction of sp³-hybridized carbons (Fsp3) is 0.500. The second-order valence-electron chi connectivity index (χ2n) is 5.46. The molecule has 25 heavy (non-hydrogen) atoms. The number of amides is 1. The van der Waals surface area contributed by atoms with Crippen molar-refractivity contribution in [1.29, 1.82) is 0 Å². The maximum atomic E-state index is 12.3. The zero-order valence-corrected chi connectivity index (χ0v) is 14.5. The molecule has 2 rings (SSSR count). The summed E-state index contributed by atoms with van der Waals surface area (Å²) in [5.41, 5.74) is 1.62. The first kappa shape index (κ1) is 19.3. The van der Waals surface area contributed by atoms with Gasteiger partial charge in [-0.25, -0.2) is 4.68 Å². The Balaban J connectivity index is 1.95. The zero-order chi connectivity index (χ0) is 18.8. The molecule has 0 aliphatic heterocycles. The molecule has 0 aromatic carbocycles. The molecule has 2 aromatic heterocycles. The van der Waals surface area contributed by atoms with Crippen molar-refractivity contribution in [2.24, 2.45) is 0 Å². The Morgan fingerprint density at radius 2 is 2.12 bits per heavy atom. The fourth-order valence-corrected chi connectivity index (χ4v) is 2.26. The first-order valence-corrected chi connectivity index (χ1v) is 7.65. The van der Waals surface area contributed by atoms with Crippen molar-refractivity contribution in [3.8, 4) is 0 Å². The molecule has 0 saturated heterocycles. The molecule has 2 aromatic rings. The van der Waals surface area contributed by atoms with Gasteiger partial charge in [0.15, 0.2) is 0 Å². The topological polar surface area (TPSA) is 74.0 Å².